The first kappa shape index (κ1) is 22.6. The Kier molecular flexibility index (Phi) is 7.28. The summed E-state index contributed by atoms with van der Waals surface area (Å²) in [6, 6.07) is 12.7. The van der Waals surface area contributed by atoms with Crippen LogP contribution in [-0.2, 0) is 11.2 Å². The number of carbonyl (C=O) groups is 1. The zero-order valence-electron chi connectivity index (χ0n) is 19.8. The van der Waals surface area contributed by atoms with Gasteiger partial charge in [0.05, 0.1) is 12.0 Å². The van der Waals surface area contributed by atoms with E-state index in [1.54, 1.807) is 0 Å². The second-order valence-corrected chi connectivity index (χ2v) is 9.53. The van der Waals surface area contributed by atoms with E-state index in [0.29, 0.717) is 6.54 Å². The Balaban J connectivity index is 1.33. The van der Waals surface area contributed by atoms with Crippen molar-refractivity contribution >= 4 is 17.5 Å². The van der Waals surface area contributed by atoms with Gasteiger partial charge in [-0.3, -0.25) is 4.79 Å². The molecule has 2 atom stereocenters. The number of anilines is 2. The van der Waals surface area contributed by atoms with Crippen molar-refractivity contribution in [2.45, 2.75) is 58.9 Å². The summed E-state index contributed by atoms with van der Waals surface area (Å²) < 4.78 is 0. The number of rotatable bonds is 6. The van der Waals surface area contributed by atoms with Crippen molar-refractivity contribution in [1.82, 2.24) is 15.5 Å². The third-order valence-electron chi connectivity index (χ3n) is 7.11. The van der Waals surface area contributed by atoms with Gasteiger partial charge in [-0.2, -0.15) is 0 Å². The van der Waals surface area contributed by atoms with Gasteiger partial charge in [0, 0.05) is 26.2 Å². The molecule has 4 rings (SSSR count). The van der Waals surface area contributed by atoms with E-state index in [4.69, 9.17) is 0 Å². The minimum Gasteiger partial charge on any atom is -0.355 e. The number of piperidine rings is 2. The first-order valence-electron chi connectivity index (χ1n) is 12.3. The second kappa shape index (κ2) is 10.3. The van der Waals surface area contributed by atoms with Gasteiger partial charge in [-0.05, 0) is 68.2 Å². The van der Waals surface area contributed by atoms with Crippen LogP contribution < -0.4 is 15.1 Å². The molecule has 6 heteroatoms. The van der Waals surface area contributed by atoms with Crippen molar-refractivity contribution in [2.24, 2.45) is 11.8 Å². The van der Waals surface area contributed by atoms with Crippen LogP contribution in [0, 0.1) is 11.8 Å². The minimum absolute atomic E-state index is 0.00937. The second-order valence-electron chi connectivity index (χ2n) is 9.53. The van der Waals surface area contributed by atoms with Gasteiger partial charge in [0.25, 0.3) is 0 Å². The average molecular weight is 436 g/mol. The summed E-state index contributed by atoms with van der Waals surface area (Å²) in [5.41, 5.74) is 2.47. The lowest BCUT2D eigenvalue weighted by molar-refractivity contribution is -0.125. The number of nitrogens with one attached hydrogen (secondary N) is 1. The Hall–Kier alpha value is -2.63. The number of carbonyl (C=O) groups excluding carboxylic acids is 1. The smallest absolute Gasteiger partial charge is 0.225 e. The van der Waals surface area contributed by atoms with E-state index < -0.39 is 0 Å². The number of benzene rings is 1. The van der Waals surface area contributed by atoms with Crippen LogP contribution in [0.4, 0.5) is 11.6 Å². The fourth-order valence-corrected chi connectivity index (χ4v) is 4.75. The molecule has 0 radical (unpaired) electrons. The van der Waals surface area contributed by atoms with Gasteiger partial charge in [-0.15, -0.1) is 10.2 Å². The molecule has 0 unspecified atom stereocenters. The number of amides is 1. The molecule has 2 aromatic rings. The summed E-state index contributed by atoms with van der Waals surface area (Å²) in [5.74, 6) is 2.75. The van der Waals surface area contributed by atoms with Gasteiger partial charge < -0.3 is 15.1 Å². The topological polar surface area (TPSA) is 61.4 Å². The van der Waals surface area contributed by atoms with Gasteiger partial charge in [-0.1, -0.05) is 38.1 Å². The molecule has 32 heavy (non-hydrogen) atoms. The van der Waals surface area contributed by atoms with Crippen LogP contribution in [-0.4, -0.2) is 42.3 Å². The molecule has 172 valence electrons. The van der Waals surface area contributed by atoms with Crippen LogP contribution in [0.2, 0.25) is 0 Å². The number of aromatic nitrogens is 2. The van der Waals surface area contributed by atoms with E-state index in [0.717, 1.165) is 62.0 Å². The third kappa shape index (κ3) is 5.40. The summed E-state index contributed by atoms with van der Waals surface area (Å²) >= 11 is 0. The molecular weight excluding hydrogens is 398 g/mol. The quantitative estimate of drug-likeness (QED) is 0.730. The molecule has 2 aliphatic rings. The third-order valence-corrected chi connectivity index (χ3v) is 7.11. The largest absolute Gasteiger partial charge is 0.355 e. The highest BCUT2D eigenvalue weighted by Gasteiger charge is 2.28. The van der Waals surface area contributed by atoms with E-state index >= 15 is 0 Å². The summed E-state index contributed by atoms with van der Waals surface area (Å²) in [5, 5.41) is 12.2. The predicted molar refractivity (Wildman–Crippen MR) is 130 cm³/mol. The van der Waals surface area contributed by atoms with Crippen molar-refractivity contribution in [3.05, 3.63) is 47.5 Å². The number of hydrogen-bond donors (Lipinski definition) is 1. The average Bonchev–Trinajstić information content (AvgIpc) is 2.84. The lowest BCUT2D eigenvalue weighted by Crippen LogP contribution is -2.44. The first-order valence-corrected chi connectivity index (χ1v) is 12.3. The normalized spacial score (nSPS) is 20.8. The highest BCUT2D eigenvalue weighted by molar-refractivity contribution is 5.80. The Morgan fingerprint density at radius 2 is 1.66 bits per heavy atom. The Bertz CT molecular complexity index is 874. The van der Waals surface area contributed by atoms with Gasteiger partial charge in [-0.25, -0.2) is 0 Å². The SMILES string of the molecule is CCc1ccc([C@@H](C)NC(=O)[C@H]2CCCN(c3ccc(N4CCC(C)CC4)nn3)C2)cc1. The zero-order chi connectivity index (χ0) is 22.5. The first-order chi connectivity index (χ1) is 15.5. The minimum atomic E-state index is -0.0221. The molecule has 2 fully saturated rings. The summed E-state index contributed by atoms with van der Waals surface area (Å²) in [6.45, 7) is 10.3. The molecule has 6 nitrogen and oxygen atoms in total. The molecule has 0 saturated carbocycles. The standard InChI is InChI=1S/C26H37N5O/c1-4-21-7-9-22(10-8-21)20(3)27-26(32)23-6-5-15-31(18-23)25-12-11-24(28-29-25)30-16-13-19(2)14-17-30/h7-12,19-20,23H,4-6,13-18H2,1-3H3,(H,27,32)/t20-,23+/m1/s1. The van der Waals surface area contributed by atoms with E-state index in [9.17, 15) is 4.79 Å². The van der Waals surface area contributed by atoms with E-state index in [-0.39, 0.29) is 17.9 Å². The monoisotopic (exact) mass is 435 g/mol. The van der Waals surface area contributed by atoms with Crippen molar-refractivity contribution in [1.29, 1.82) is 0 Å². The van der Waals surface area contributed by atoms with Crippen LogP contribution in [0.5, 0.6) is 0 Å². The fraction of sp³-hybridized carbons (Fsp3) is 0.577. The molecule has 3 heterocycles. The van der Waals surface area contributed by atoms with Crippen molar-refractivity contribution in [3.8, 4) is 0 Å². The van der Waals surface area contributed by atoms with E-state index in [2.05, 4.69) is 82.5 Å². The Morgan fingerprint density at radius 3 is 2.28 bits per heavy atom. The van der Waals surface area contributed by atoms with Crippen LogP contribution in [0.25, 0.3) is 0 Å². The van der Waals surface area contributed by atoms with Crippen LogP contribution in [0.15, 0.2) is 36.4 Å². The van der Waals surface area contributed by atoms with Crippen molar-refractivity contribution in [2.75, 3.05) is 36.0 Å². The molecule has 0 spiro atoms. The van der Waals surface area contributed by atoms with Crippen molar-refractivity contribution < 1.29 is 4.79 Å². The zero-order valence-corrected chi connectivity index (χ0v) is 19.8. The summed E-state index contributed by atoms with van der Waals surface area (Å²) in [6.07, 6.45) is 5.37. The lowest BCUT2D eigenvalue weighted by Gasteiger charge is -2.34. The van der Waals surface area contributed by atoms with Gasteiger partial charge >= 0.3 is 0 Å². The molecule has 2 aliphatic heterocycles. The number of nitrogens with zero attached hydrogens (tertiary/aromatic N) is 4. The number of aryl methyl sites for hydroxylation is 1. The number of hydrogen-bond acceptors (Lipinski definition) is 5. The van der Waals surface area contributed by atoms with Crippen LogP contribution in [0.3, 0.4) is 0 Å². The van der Waals surface area contributed by atoms with Crippen LogP contribution >= 0.6 is 0 Å². The van der Waals surface area contributed by atoms with E-state index in [1.165, 1.54) is 18.4 Å². The highest BCUT2D eigenvalue weighted by atomic mass is 16.2. The molecule has 1 aromatic carbocycles. The Labute approximate surface area is 192 Å². The highest BCUT2D eigenvalue weighted by Crippen LogP contribution is 2.25. The van der Waals surface area contributed by atoms with Crippen LogP contribution in [0.1, 0.15) is 63.6 Å². The summed E-state index contributed by atoms with van der Waals surface area (Å²) in [7, 11) is 0. The fourth-order valence-electron chi connectivity index (χ4n) is 4.75. The lowest BCUT2D eigenvalue weighted by atomic mass is 9.96. The predicted octanol–water partition coefficient (Wildman–Crippen LogP) is 4.37. The van der Waals surface area contributed by atoms with Crippen molar-refractivity contribution in [3.63, 3.8) is 0 Å². The molecule has 1 aromatic heterocycles. The maximum absolute atomic E-state index is 13.0. The van der Waals surface area contributed by atoms with Gasteiger partial charge in [0.1, 0.15) is 0 Å². The molecule has 1 N–H and O–H groups in total. The Morgan fingerprint density at radius 1 is 1.00 bits per heavy atom. The molecule has 2 saturated heterocycles. The molecular formula is C26H37N5O. The van der Waals surface area contributed by atoms with Gasteiger partial charge in [0.15, 0.2) is 11.6 Å². The van der Waals surface area contributed by atoms with E-state index in [1.807, 2.05) is 0 Å². The molecule has 1 amide bonds. The maximum atomic E-state index is 13.0. The van der Waals surface area contributed by atoms with Gasteiger partial charge in [0.2, 0.25) is 5.91 Å². The molecule has 0 aliphatic carbocycles. The summed E-state index contributed by atoms with van der Waals surface area (Å²) in [4.78, 5) is 17.5. The molecule has 0 bridgehead atoms. The maximum Gasteiger partial charge on any atom is 0.225 e.